The Morgan fingerprint density at radius 2 is 1.87 bits per heavy atom. The van der Waals surface area contributed by atoms with Crippen molar-refractivity contribution in [3.05, 3.63) is 0 Å². The minimum absolute atomic E-state index is 0.241. The fourth-order valence-electron chi connectivity index (χ4n) is 3.06. The first-order valence-corrected chi connectivity index (χ1v) is 9.05. The van der Waals surface area contributed by atoms with Gasteiger partial charge in [0.05, 0.1) is 5.54 Å². The third kappa shape index (κ3) is 6.68. The molecule has 1 fully saturated rings. The van der Waals surface area contributed by atoms with Gasteiger partial charge in [0.1, 0.15) is 5.60 Å². The average molecular weight is 328 g/mol. The van der Waals surface area contributed by atoms with Gasteiger partial charge in [-0.25, -0.2) is 4.79 Å². The van der Waals surface area contributed by atoms with E-state index in [1.807, 2.05) is 20.8 Å². The predicted molar refractivity (Wildman–Crippen MR) is 95.8 cm³/mol. The van der Waals surface area contributed by atoms with Crippen LogP contribution >= 0.6 is 0 Å². The van der Waals surface area contributed by atoms with Crippen molar-refractivity contribution in [2.24, 2.45) is 0 Å². The number of hydrogen-bond donors (Lipinski definition) is 2. The fourth-order valence-corrected chi connectivity index (χ4v) is 3.06. The number of nitrogens with zero attached hydrogens (tertiary/aromatic N) is 1. The molecule has 0 bridgehead atoms. The number of alkyl carbamates (subject to hydrolysis) is 1. The number of likely N-dealkylation sites (tertiary alicyclic amines) is 1. The second-order valence-electron chi connectivity index (χ2n) is 8.05. The van der Waals surface area contributed by atoms with E-state index in [0.717, 1.165) is 38.8 Å². The Bertz CT molecular complexity index is 375. The summed E-state index contributed by atoms with van der Waals surface area (Å²) in [4.78, 5) is 14.6. The highest BCUT2D eigenvalue weighted by Gasteiger charge is 2.32. The summed E-state index contributed by atoms with van der Waals surface area (Å²) in [5.41, 5.74) is -0.705. The van der Waals surface area contributed by atoms with Gasteiger partial charge < -0.3 is 20.3 Å². The van der Waals surface area contributed by atoms with Gasteiger partial charge in [-0.05, 0) is 67.0 Å². The Morgan fingerprint density at radius 3 is 2.35 bits per heavy atom. The summed E-state index contributed by atoms with van der Waals surface area (Å²) in [5.74, 6) is 0. The van der Waals surface area contributed by atoms with Gasteiger partial charge in [-0.1, -0.05) is 13.8 Å². The molecule has 23 heavy (non-hydrogen) atoms. The minimum Gasteiger partial charge on any atom is -0.444 e. The molecule has 1 aliphatic rings. The zero-order valence-corrected chi connectivity index (χ0v) is 16.2. The van der Waals surface area contributed by atoms with Crippen molar-refractivity contribution >= 4 is 6.09 Å². The second-order valence-corrected chi connectivity index (χ2v) is 8.05. The van der Waals surface area contributed by atoms with Crippen molar-refractivity contribution in [1.29, 1.82) is 0 Å². The summed E-state index contributed by atoms with van der Waals surface area (Å²) >= 11 is 0. The maximum absolute atomic E-state index is 12.2. The van der Waals surface area contributed by atoms with Crippen LogP contribution in [-0.4, -0.2) is 54.4 Å². The van der Waals surface area contributed by atoms with Gasteiger partial charge in [0.15, 0.2) is 0 Å². The first-order chi connectivity index (χ1) is 10.6. The molecular weight excluding hydrogens is 290 g/mol. The van der Waals surface area contributed by atoms with Gasteiger partial charge in [0, 0.05) is 18.6 Å². The average Bonchev–Trinajstić information content (AvgIpc) is 2.45. The zero-order chi connectivity index (χ0) is 17.7. The van der Waals surface area contributed by atoms with E-state index in [1.54, 1.807) is 0 Å². The number of hydrogen-bond acceptors (Lipinski definition) is 4. The van der Waals surface area contributed by atoms with E-state index >= 15 is 0 Å². The first kappa shape index (κ1) is 20.2. The first-order valence-electron chi connectivity index (χ1n) is 9.05. The van der Waals surface area contributed by atoms with Crippen molar-refractivity contribution in [2.75, 3.05) is 20.1 Å². The van der Waals surface area contributed by atoms with E-state index < -0.39 is 5.60 Å². The molecule has 2 atom stereocenters. The van der Waals surface area contributed by atoms with Gasteiger partial charge >= 0.3 is 6.09 Å². The molecule has 1 heterocycles. The molecule has 0 aliphatic carbocycles. The summed E-state index contributed by atoms with van der Waals surface area (Å²) in [7, 11) is 2.19. The maximum atomic E-state index is 12.2. The largest absolute Gasteiger partial charge is 0.444 e. The summed E-state index contributed by atoms with van der Waals surface area (Å²) in [6.45, 7) is 14.1. The standard InChI is InChI=1S/C18H37N3O2/c1-8-18(9-2,20-16(22)23-17(4,5)6)13-19-15-10-11-21(7)14(3)12-15/h14-15,19H,8-13H2,1-7H3,(H,20,22). The summed E-state index contributed by atoms with van der Waals surface area (Å²) < 4.78 is 5.44. The van der Waals surface area contributed by atoms with E-state index in [4.69, 9.17) is 4.74 Å². The maximum Gasteiger partial charge on any atom is 0.408 e. The molecule has 2 unspecified atom stereocenters. The van der Waals surface area contributed by atoms with Crippen LogP contribution in [0.3, 0.4) is 0 Å². The number of amides is 1. The Labute approximate surface area is 142 Å². The van der Waals surface area contributed by atoms with Crippen LogP contribution in [0.5, 0.6) is 0 Å². The van der Waals surface area contributed by atoms with E-state index in [9.17, 15) is 4.79 Å². The lowest BCUT2D eigenvalue weighted by Gasteiger charge is -2.39. The third-order valence-electron chi connectivity index (χ3n) is 5.06. The fraction of sp³-hybridized carbons (Fsp3) is 0.944. The lowest BCUT2D eigenvalue weighted by Crippen LogP contribution is -2.57. The number of carbonyl (C=O) groups excluding carboxylic acids is 1. The lowest BCUT2D eigenvalue weighted by atomic mass is 9.91. The van der Waals surface area contributed by atoms with E-state index in [2.05, 4.69) is 43.4 Å². The number of piperidine rings is 1. The Balaban J connectivity index is 2.58. The normalized spacial score (nSPS) is 23.6. The van der Waals surface area contributed by atoms with Crippen molar-refractivity contribution in [3.63, 3.8) is 0 Å². The van der Waals surface area contributed by atoms with Crippen molar-refractivity contribution in [1.82, 2.24) is 15.5 Å². The van der Waals surface area contributed by atoms with Crippen LogP contribution in [0.25, 0.3) is 0 Å². The second kappa shape index (κ2) is 8.34. The molecule has 1 rings (SSSR count). The molecule has 0 saturated carbocycles. The SMILES string of the molecule is CCC(CC)(CNC1CCN(C)C(C)C1)NC(=O)OC(C)(C)C. The minimum atomic E-state index is -0.464. The smallest absolute Gasteiger partial charge is 0.408 e. The van der Waals surface area contributed by atoms with Crippen LogP contribution in [0.1, 0.15) is 67.2 Å². The van der Waals surface area contributed by atoms with Crippen LogP contribution in [0.2, 0.25) is 0 Å². The predicted octanol–water partition coefficient (Wildman–Crippen LogP) is 3.14. The number of rotatable bonds is 6. The molecule has 136 valence electrons. The van der Waals surface area contributed by atoms with Gasteiger partial charge in [0.2, 0.25) is 0 Å². The quantitative estimate of drug-likeness (QED) is 0.787. The summed E-state index contributed by atoms with van der Waals surface area (Å²) in [6, 6.07) is 1.14. The van der Waals surface area contributed by atoms with Crippen LogP contribution in [0, 0.1) is 0 Å². The molecule has 0 aromatic rings. The van der Waals surface area contributed by atoms with Crippen molar-refractivity contribution in [2.45, 2.75) is 90.4 Å². The topological polar surface area (TPSA) is 53.6 Å². The Kier molecular flexibility index (Phi) is 7.33. The Morgan fingerprint density at radius 1 is 1.26 bits per heavy atom. The molecule has 5 nitrogen and oxygen atoms in total. The molecule has 0 aromatic heterocycles. The van der Waals surface area contributed by atoms with Crippen molar-refractivity contribution in [3.8, 4) is 0 Å². The summed E-state index contributed by atoms with van der Waals surface area (Å²) in [5, 5.41) is 6.80. The number of ether oxygens (including phenoxy) is 1. The highest BCUT2D eigenvalue weighted by Crippen LogP contribution is 2.19. The monoisotopic (exact) mass is 327 g/mol. The Hall–Kier alpha value is -0.810. The molecule has 1 saturated heterocycles. The van der Waals surface area contributed by atoms with Gasteiger partial charge in [-0.2, -0.15) is 0 Å². The lowest BCUT2D eigenvalue weighted by molar-refractivity contribution is 0.0440. The molecule has 1 amide bonds. The molecule has 0 aromatic carbocycles. The van der Waals surface area contributed by atoms with Crippen LogP contribution < -0.4 is 10.6 Å². The van der Waals surface area contributed by atoms with Crippen molar-refractivity contribution < 1.29 is 9.53 Å². The van der Waals surface area contributed by atoms with E-state index in [0.29, 0.717) is 12.1 Å². The van der Waals surface area contributed by atoms with Crippen LogP contribution in [-0.2, 0) is 4.74 Å². The molecule has 1 aliphatic heterocycles. The molecule has 2 N–H and O–H groups in total. The van der Waals surface area contributed by atoms with Crippen LogP contribution in [0.4, 0.5) is 4.79 Å². The molecule has 0 radical (unpaired) electrons. The van der Waals surface area contributed by atoms with E-state index in [-0.39, 0.29) is 11.6 Å². The highest BCUT2D eigenvalue weighted by atomic mass is 16.6. The van der Waals surface area contributed by atoms with Crippen LogP contribution in [0.15, 0.2) is 0 Å². The number of nitrogens with one attached hydrogen (secondary N) is 2. The molecular formula is C18H37N3O2. The molecule has 5 heteroatoms. The third-order valence-corrected chi connectivity index (χ3v) is 5.06. The van der Waals surface area contributed by atoms with Gasteiger partial charge in [-0.3, -0.25) is 0 Å². The highest BCUT2D eigenvalue weighted by molar-refractivity contribution is 5.68. The zero-order valence-electron chi connectivity index (χ0n) is 16.2. The summed E-state index contributed by atoms with van der Waals surface area (Å²) in [6.07, 6.45) is 3.78. The van der Waals surface area contributed by atoms with Gasteiger partial charge in [-0.15, -0.1) is 0 Å². The number of carbonyl (C=O) groups is 1. The molecule has 0 spiro atoms. The van der Waals surface area contributed by atoms with Gasteiger partial charge in [0.25, 0.3) is 0 Å². The van der Waals surface area contributed by atoms with E-state index in [1.165, 1.54) is 0 Å².